The molecule has 16 nitrogen and oxygen atoms in total. The molecule has 4 amide bonds. The van der Waals surface area contributed by atoms with E-state index in [1.807, 2.05) is 24.0 Å². The van der Waals surface area contributed by atoms with Gasteiger partial charge in [-0.25, -0.2) is 18.2 Å². The summed E-state index contributed by atoms with van der Waals surface area (Å²) in [7, 11) is -5.12. The molecule has 0 saturated carbocycles. The van der Waals surface area contributed by atoms with Gasteiger partial charge in [0.2, 0.25) is 17.7 Å². The quantitative estimate of drug-likeness (QED) is 0.124. The van der Waals surface area contributed by atoms with Gasteiger partial charge in [0.1, 0.15) is 24.0 Å². The average Bonchev–Trinajstić information content (AvgIpc) is 3.53. The van der Waals surface area contributed by atoms with E-state index in [-0.39, 0.29) is 53.4 Å². The molecule has 3 aromatic carbocycles. The first-order chi connectivity index (χ1) is 25.2. The van der Waals surface area contributed by atoms with Crippen LogP contribution in [-0.4, -0.2) is 95.9 Å². The molecule has 7 rings (SSSR count). The summed E-state index contributed by atoms with van der Waals surface area (Å²) in [5.74, 6) is -4.33. The Morgan fingerprint density at radius 3 is 2.53 bits per heavy atom. The van der Waals surface area contributed by atoms with Gasteiger partial charge in [-0.05, 0) is 73.7 Å². The largest absolute Gasteiger partial charge is 0.506 e. The summed E-state index contributed by atoms with van der Waals surface area (Å²) < 4.78 is 45.2. The van der Waals surface area contributed by atoms with Crippen LogP contribution in [0.4, 0.5) is 15.8 Å². The highest BCUT2D eigenvalue weighted by atomic mass is 32.2. The van der Waals surface area contributed by atoms with E-state index in [0.29, 0.717) is 34.8 Å². The van der Waals surface area contributed by atoms with E-state index in [1.165, 1.54) is 22.8 Å². The first-order valence-corrected chi connectivity index (χ1v) is 20.8. The Bertz CT molecular complexity index is 2420. The Labute approximate surface area is 308 Å². The molecule has 3 aliphatic heterocycles. The van der Waals surface area contributed by atoms with Crippen molar-refractivity contribution in [3.8, 4) is 5.75 Å². The number of aliphatic hydroxyl groups excluding tert-OH is 1. The maximum absolute atomic E-state index is 15.5. The first kappa shape index (κ1) is 36.5. The number of carbonyl (C=O) groups is 4. The summed E-state index contributed by atoms with van der Waals surface area (Å²) >= 11 is 5.50. The van der Waals surface area contributed by atoms with Gasteiger partial charge in [0.05, 0.1) is 37.6 Å². The predicted molar refractivity (Wildman–Crippen MR) is 195 cm³/mol. The molecular formula is C33H34FN7O9S2Si. The molecule has 0 radical (unpaired) electrons. The van der Waals surface area contributed by atoms with Crippen molar-refractivity contribution >= 4 is 86.9 Å². The maximum atomic E-state index is 15.5. The van der Waals surface area contributed by atoms with E-state index in [0.717, 1.165) is 11.6 Å². The van der Waals surface area contributed by atoms with Gasteiger partial charge < -0.3 is 15.5 Å². The van der Waals surface area contributed by atoms with E-state index in [9.17, 15) is 42.6 Å². The third-order valence-electron chi connectivity index (χ3n) is 10.0. The average molecular weight is 784 g/mol. The minimum absolute atomic E-state index is 0.0491. The number of fused-ring (bicyclic) bond motifs is 2. The Balaban J connectivity index is 1.07. The van der Waals surface area contributed by atoms with E-state index >= 15 is 4.39 Å². The SMILES string of the molecule is CCn1c(=O)n(C2CCC(=O)NC2=O)c2ccc([C@@H]3CCN(CC(=O)Nc4ccc5c(F)c(N6CC(=O)NS6(=O)=O)c(O)cc5c4)C([SiH]=S)[C@H]3O)cc21. The third kappa shape index (κ3) is 6.43. The number of anilines is 2. The number of phenols is 1. The highest BCUT2D eigenvalue weighted by Gasteiger charge is 2.39. The number of imidazole rings is 1. The third-order valence-corrected chi connectivity index (χ3v) is 13.3. The molecule has 3 aliphatic rings. The lowest BCUT2D eigenvalue weighted by atomic mass is 9.86. The van der Waals surface area contributed by atoms with Gasteiger partial charge in [0.15, 0.2) is 5.82 Å². The number of nitrogens with zero attached hydrogens (tertiary/aromatic N) is 4. The number of aromatic nitrogens is 2. The monoisotopic (exact) mass is 783 g/mol. The number of aryl methyl sites for hydroxylation is 1. The number of carbonyl (C=O) groups excluding carboxylic acids is 4. The smallest absolute Gasteiger partial charge is 0.329 e. The molecule has 2 unspecified atom stereocenters. The zero-order valence-electron chi connectivity index (χ0n) is 28.1. The molecule has 4 aromatic rings. The fourth-order valence-electron chi connectivity index (χ4n) is 7.54. The molecule has 5 N–H and O–H groups in total. The number of halogens is 1. The minimum atomic E-state index is -4.38. The number of likely N-dealkylation sites (tertiary alicyclic amines) is 1. The molecule has 0 bridgehead atoms. The fourth-order valence-corrected chi connectivity index (χ4v) is 10.6. The summed E-state index contributed by atoms with van der Waals surface area (Å²) in [6.07, 6.45) is -0.118. The Hall–Kier alpha value is -4.89. The lowest BCUT2D eigenvalue weighted by Gasteiger charge is -2.41. The van der Waals surface area contributed by atoms with Crippen LogP contribution in [0.25, 0.3) is 21.8 Å². The van der Waals surface area contributed by atoms with E-state index in [1.54, 1.807) is 15.4 Å². The van der Waals surface area contributed by atoms with Crippen molar-refractivity contribution in [2.45, 2.75) is 56.5 Å². The van der Waals surface area contributed by atoms with Crippen LogP contribution in [-0.2, 0) is 35.9 Å². The summed E-state index contributed by atoms with van der Waals surface area (Å²) in [5, 5.41) is 27.3. The van der Waals surface area contributed by atoms with Gasteiger partial charge in [0.25, 0.3) is 5.91 Å². The summed E-state index contributed by atoms with van der Waals surface area (Å²) in [4.78, 5) is 64.6. The minimum Gasteiger partial charge on any atom is -0.506 e. The van der Waals surface area contributed by atoms with Crippen LogP contribution >= 0.6 is 11.6 Å². The molecule has 53 heavy (non-hydrogen) atoms. The second-order valence-electron chi connectivity index (χ2n) is 13.2. The standard InChI is InChI=1S/C33H34FN7O9S2Si/c1-2-39-23-12-16(3-6-21(23)41(33(39)48)22-7-8-25(43)36-31(22)47)20-9-10-38(32(53-51)30(20)46)14-26(44)35-18-4-5-19-17(11-18)13-24(42)29(28(19)34)40-15-27(45)37-52(40,49)50/h3-6,11-13,20,22,30,32,42,46,53H,2,7-10,14-15H2,1H3,(H,35,44)(H,37,45)(H,36,43,47)/t20-,22?,30-,32?/m0/s1. The number of aromatic hydroxyl groups is 1. The number of hydrogen-bond acceptors (Lipinski definition) is 11. The van der Waals surface area contributed by atoms with Crippen LogP contribution in [0.3, 0.4) is 0 Å². The van der Waals surface area contributed by atoms with Gasteiger partial charge in [-0.15, -0.1) is 11.6 Å². The van der Waals surface area contributed by atoms with Crippen molar-refractivity contribution in [2.24, 2.45) is 0 Å². The lowest BCUT2D eigenvalue weighted by Crippen LogP contribution is -2.54. The number of hydrogen-bond donors (Lipinski definition) is 5. The van der Waals surface area contributed by atoms with Crippen LogP contribution in [0.1, 0.15) is 43.7 Å². The molecule has 4 atom stereocenters. The number of aliphatic hydroxyl groups is 1. The van der Waals surface area contributed by atoms with Crippen LogP contribution in [0.2, 0.25) is 0 Å². The number of benzene rings is 3. The van der Waals surface area contributed by atoms with Gasteiger partial charge in [-0.2, -0.15) is 8.42 Å². The Morgan fingerprint density at radius 1 is 1.08 bits per heavy atom. The summed E-state index contributed by atoms with van der Waals surface area (Å²) in [6, 6.07) is 9.89. The van der Waals surface area contributed by atoms with E-state index in [2.05, 4.69) is 10.6 Å². The summed E-state index contributed by atoms with van der Waals surface area (Å²) in [5.41, 5.74) is 0.678. The van der Waals surface area contributed by atoms with Crippen molar-refractivity contribution in [1.29, 1.82) is 0 Å². The maximum Gasteiger partial charge on any atom is 0.329 e. The fraction of sp³-hybridized carbons (Fsp3) is 0.364. The van der Waals surface area contributed by atoms with Gasteiger partial charge in [-0.3, -0.25) is 38.5 Å². The molecule has 278 valence electrons. The molecule has 20 heteroatoms. The Kier molecular flexibility index (Phi) is 9.51. The topological polar surface area (TPSA) is 212 Å². The lowest BCUT2D eigenvalue weighted by molar-refractivity contribution is -0.135. The van der Waals surface area contributed by atoms with E-state index < -0.39 is 77.8 Å². The molecule has 3 saturated heterocycles. The number of rotatable bonds is 8. The van der Waals surface area contributed by atoms with Gasteiger partial charge in [0, 0.05) is 30.0 Å². The normalized spacial score (nSPS) is 23.3. The highest BCUT2D eigenvalue weighted by Crippen LogP contribution is 2.39. The Morgan fingerprint density at radius 2 is 1.85 bits per heavy atom. The van der Waals surface area contributed by atoms with Gasteiger partial charge in [-0.1, -0.05) is 6.07 Å². The number of piperidine rings is 2. The van der Waals surface area contributed by atoms with Crippen molar-refractivity contribution < 1.29 is 42.2 Å². The second-order valence-corrected chi connectivity index (χ2v) is 16.5. The van der Waals surface area contributed by atoms with Crippen molar-refractivity contribution in [3.63, 3.8) is 0 Å². The van der Waals surface area contributed by atoms with Crippen LogP contribution in [0, 0.1) is 5.82 Å². The van der Waals surface area contributed by atoms with Crippen LogP contribution < -0.4 is 25.4 Å². The highest BCUT2D eigenvalue weighted by molar-refractivity contribution is 7.92. The molecule has 0 spiro atoms. The van der Waals surface area contributed by atoms with Crippen molar-refractivity contribution in [2.75, 3.05) is 29.3 Å². The number of phenolic OH excluding ortho intramolecular Hbond substituents is 1. The molecule has 4 heterocycles. The molecule has 3 fully saturated rings. The zero-order valence-corrected chi connectivity index (χ0v) is 30.9. The molecule has 1 aromatic heterocycles. The van der Waals surface area contributed by atoms with Crippen molar-refractivity contribution in [3.05, 3.63) is 64.3 Å². The molecular weight excluding hydrogens is 750 g/mol. The number of amides is 4. The number of nitrogens with one attached hydrogen (secondary N) is 3. The van der Waals surface area contributed by atoms with Crippen LogP contribution in [0.15, 0.2) is 47.3 Å². The summed E-state index contributed by atoms with van der Waals surface area (Å²) in [6.45, 7) is 1.79. The zero-order chi connectivity index (χ0) is 37.9. The van der Waals surface area contributed by atoms with Gasteiger partial charge >= 0.3 is 15.9 Å². The molecule has 0 aliphatic carbocycles. The number of imide groups is 1. The first-order valence-electron chi connectivity index (χ1n) is 16.8. The van der Waals surface area contributed by atoms with Crippen LogP contribution in [0.5, 0.6) is 5.75 Å². The van der Waals surface area contributed by atoms with Crippen molar-refractivity contribution in [1.82, 2.24) is 24.1 Å². The second kappa shape index (κ2) is 13.8. The van der Waals surface area contributed by atoms with E-state index in [4.69, 9.17) is 11.6 Å². The predicted octanol–water partition coefficient (Wildman–Crippen LogP) is 0.644.